The zero-order chi connectivity index (χ0) is 16.9. The van der Waals surface area contributed by atoms with Crippen molar-refractivity contribution < 1.29 is 18.0 Å². The molecule has 2 N–H and O–H groups in total. The number of nitrogens with one attached hydrogen (secondary N) is 2. The fraction of sp³-hybridized carbons (Fsp3) is 0.562. The van der Waals surface area contributed by atoms with Gasteiger partial charge >= 0.3 is 6.18 Å². The molecular weight excluding hydrogens is 343 g/mol. The molecule has 1 aliphatic heterocycles. The van der Waals surface area contributed by atoms with Gasteiger partial charge in [0.15, 0.2) is 0 Å². The van der Waals surface area contributed by atoms with Crippen molar-refractivity contribution >= 4 is 18.3 Å². The third kappa shape index (κ3) is 6.30. The van der Waals surface area contributed by atoms with E-state index in [0.717, 1.165) is 18.5 Å². The van der Waals surface area contributed by atoms with Crippen LogP contribution in [0.4, 0.5) is 13.2 Å². The van der Waals surface area contributed by atoms with Crippen molar-refractivity contribution in [2.75, 3.05) is 32.7 Å². The lowest BCUT2D eigenvalue weighted by Gasteiger charge is -2.36. The zero-order valence-corrected chi connectivity index (χ0v) is 14.3. The summed E-state index contributed by atoms with van der Waals surface area (Å²) in [5.41, 5.74) is 2.30. The summed E-state index contributed by atoms with van der Waals surface area (Å²) in [7, 11) is 0. The van der Waals surface area contributed by atoms with Crippen molar-refractivity contribution in [2.45, 2.75) is 25.6 Å². The van der Waals surface area contributed by atoms with Gasteiger partial charge in [0.05, 0.1) is 6.54 Å². The number of aryl methyl sites for hydroxylation is 1. The molecule has 24 heavy (non-hydrogen) atoms. The van der Waals surface area contributed by atoms with Crippen LogP contribution >= 0.6 is 12.4 Å². The highest BCUT2D eigenvalue weighted by molar-refractivity contribution is 5.85. The maximum Gasteiger partial charge on any atom is 0.405 e. The first-order valence-corrected chi connectivity index (χ1v) is 7.76. The average molecular weight is 366 g/mol. The van der Waals surface area contributed by atoms with E-state index < -0.39 is 18.6 Å². The highest BCUT2D eigenvalue weighted by Gasteiger charge is 2.29. The number of carbonyl (C=O) groups excluding carboxylic acids is 1. The molecule has 0 aliphatic carbocycles. The minimum Gasteiger partial charge on any atom is -0.346 e. The Morgan fingerprint density at radius 2 is 2.00 bits per heavy atom. The van der Waals surface area contributed by atoms with E-state index in [2.05, 4.69) is 12.2 Å². The van der Waals surface area contributed by atoms with Crippen molar-refractivity contribution in [2.24, 2.45) is 0 Å². The van der Waals surface area contributed by atoms with Gasteiger partial charge in [-0.05, 0) is 17.5 Å². The smallest absolute Gasteiger partial charge is 0.346 e. The van der Waals surface area contributed by atoms with Crippen LogP contribution in [0.2, 0.25) is 0 Å². The number of amides is 1. The molecular formula is C16H23ClF3N3O. The minimum absolute atomic E-state index is 0. The molecule has 0 spiro atoms. The first-order valence-electron chi connectivity index (χ1n) is 7.76. The molecule has 1 fully saturated rings. The van der Waals surface area contributed by atoms with Gasteiger partial charge in [-0.25, -0.2) is 0 Å². The Balaban J connectivity index is 0.00000288. The fourth-order valence-electron chi connectivity index (χ4n) is 2.68. The molecule has 4 nitrogen and oxygen atoms in total. The maximum atomic E-state index is 12.2. The molecule has 1 atom stereocenters. The monoisotopic (exact) mass is 365 g/mol. The van der Waals surface area contributed by atoms with Crippen LogP contribution < -0.4 is 10.6 Å². The largest absolute Gasteiger partial charge is 0.405 e. The van der Waals surface area contributed by atoms with E-state index in [1.165, 1.54) is 5.56 Å². The highest BCUT2D eigenvalue weighted by atomic mass is 35.5. The topological polar surface area (TPSA) is 44.4 Å². The number of alkyl halides is 3. The Labute approximate surface area is 146 Å². The summed E-state index contributed by atoms with van der Waals surface area (Å²) in [5.74, 6) is -0.598. The van der Waals surface area contributed by atoms with Crippen LogP contribution in [0.5, 0.6) is 0 Å². The standard InChI is InChI=1S/C16H22F3N3O.ClH/c1-2-12-3-5-13(6-4-12)14-9-20-7-8-22(14)10-15(23)21-11-16(17,18)19;/h3-6,14,20H,2,7-11H2,1H3,(H,21,23);1H. The van der Waals surface area contributed by atoms with Gasteiger partial charge in [-0.15, -0.1) is 12.4 Å². The molecule has 0 saturated carbocycles. The molecule has 1 aromatic carbocycles. The van der Waals surface area contributed by atoms with Crippen LogP contribution in [0.1, 0.15) is 24.1 Å². The summed E-state index contributed by atoms with van der Waals surface area (Å²) in [6.45, 7) is 2.79. The van der Waals surface area contributed by atoms with E-state index in [9.17, 15) is 18.0 Å². The number of hydrogen-bond donors (Lipinski definition) is 2. The SMILES string of the molecule is CCc1ccc(C2CNCCN2CC(=O)NCC(F)(F)F)cc1.Cl. The van der Waals surface area contributed by atoms with Crippen LogP contribution in [0.15, 0.2) is 24.3 Å². The van der Waals surface area contributed by atoms with E-state index in [0.29, 0.717) is 13.1 Å². The number of piperazine rings is 1. The Kier molecular flexibility index (Phi) is 7.99. The zero-order valence-electron chi connectivity index (χ0n) is 13.5. The molecule has 1 saturated heterocycles. The first-order chi connectivity index (χ1) is 10.9. The summed E-state index contributed by atoms with van der Waals surface area (Å²) in [4.78, 5) is 13.7. The normalized spacial score (nSPS) is 18.8. The van der Waals surface area contributed by atoms with Gasteiger partial charge in [0.25, 0.3) is 0 Å². The average Bonchev–Trinajstić information content (AvgIpc) is 2.53. The molecule has 1 aliphatic rings. The van der Waals surface area contributed by atoms with Crippen molar-refractivity contribution in [3.63, 3.8) is 0 Å². The van der Waals surface area contributed by atoms with Crippen LogP contribution in [0.25, 0.3) is 0 Å². The Morgan fingerprint density at radius 3 is 2.58 bits per heavy atom. The molecule has 1 unspecified atom stereocenters. The Hall–Kier alpha value is -1.31. The predicted molar refractivity (Wildman–Crippen MR) is 89.3 cm³/mol. The second-order valence-electron chi connectivity index (χ2n) is 5.68. The second-order valence-corrected chi connectivity index (χ2v) is 5.68. The number of halogens is 4. The highest BCUT2D eigenvalue weighted by Crippen LogP contribution is 2.22. The number of nitrogens with zero attached hydrogens (tertiary/aromatic N) is 1. The summed E-state index contributed by atoms with van der Waals surface area (Å²) in [6.07, 6.45) is -3.43. The number of benzene rings is 1. The van der Waals surface area contributed by atoms with E-state index >= 15 is 0 Å². The molecule has 1 heterocycles. The molecule has 1 aromatic rings. The summed E-state index contributed by atoms with van der Waals surface area (Å²) >= 11 is 0. The van der Waals surface area contributed by atoms with E-state index in [-0.39, 0.29) is 25.0 Å². The van der Waals surface area contributed by atoms with Gasteiger partial charge in [-0.1, -0.05) is 31.2 Å². The Morgan fingerprint density at radius 1 is 1.33 bits per heavy atom. The summed E-state index contributed by atoms with van der Waals surface area (Å²) in [5, 5.41) is 5.20. The summed E-state index contributed by atoms with van der Waals surface area (Å²) < 4.78 is 36.5. The number of rotatable bonds is 5. The van der Waals surface area contributed by atoms with E-state index in [4.69, 9.17) is 0 Å². The molecule has 136 valence electrons. The van der Waals surface area contributed by atoms with Gasteiger partial charge in [0, 0.05) is 25.7 Å². The van der Waals surface area contributed by atoms with E-state index in [1.54, 1.807) is 0 Å². The number of carbonyl (C=O) groups is 1. The maximum absolute atomic E-state index is 12.2. The van der Waals surface area contributed by atoms with Crippen LogP contribution in [-0.2, 0) is 11.2 Å². The molecule has 0 bridgehead atoms. The molecule has 8 heteroatoms. The first kappa shape index (κ1) is 20.7. The number of hydrogen-bond acceptors (Lipinski definition) is 3. The van der Waals surface area contributed by atoms with Crippen LogP contribution in [-0.4, -0.2) is 49.7 Å². The quantitative estimate of drug-likeness (QED) is 0.841. The summed E-state index contributed by atoms with van der Waals surface area (Å²) in [6, 6.07) is 8.14. The third-order valence-corrected chi connectivity index (χ3v) is 3.96. The van der Waals surface area contributed by atoms with Crippen molar-refractivity contribution in [3.05, 3.63) is 35.4 Å². The fourth-order valence-corrected chi connectivity index (χ4v) is 2.68. The van der Waals surface area contributed by atoms with Crippen molar-refractivity contribution in [1.29, 1.82) is 0 Å². The lowest BCUT2D eigenvalue weighted by atomic mass is 10.0. The van der Waals surface area contributed by atoms with Crippen LogP contribution in [0.3, 0.4) is 0 Å². The van der Waals surface area contributed by atoms with Crippen molar-refractivity contribution in [1.82, 2.24) is 15.5 Å². The third-order valence-electron chi connectivity index (χ3n) is 3.96. The molecule has 2 rings (SSSR count). The predicted octanol–water partition coefficient (Wildman–Crippen LogP) is 2.30. The van der Waals surface area contributed by atoms with Gasteiger partial charge in [0.1, 0.15) is 6.54 Å². The Bertz CT molecular complexity index is 522. The molecule has 0 aromatic heterocycles. The molecule has 1 amide bonds. The molecule has 0 radical (unpaired) electrons. The van der Waals surface area contributed by atoms with Crippen LogP contribution in [0, 0.1) is 0 Å². The lowest BCUT2D eigenvalue weighted by Crippen LogP contribution is -2.50. The minimum atomic E-state index is -4.38. The van der Waals surface area contributed by atoms with Gasteiger partial charge in [-0.2, -0.15) is 13.2 Å². The van der Waals surface area contributed by atoms with Gasteiger partial charge in [-0.3, -0.25) is 9.69 Å². The lowest BCUT2D eigenvalue weighted by molar-refractivity contribution is -0.139. The van der Waals surface area contributed by atoms with Gasteiger partial charge < -0.3 is 10.6 Å². The van der Waals surface area contributed by atoms with Crippen molar-refractivity contribution in [3.8, 4) is 0 Å². The van der Waals surface area contributed by atoms with Gasteiger partial charge in [0.2, 0.25) is 5.91 Å². The second kappa shape index (κ2) is 9.25. The van der Waals surface area contributed by atoms with E-state index in [1.807, 2.05) is 34.5 Å².